The lowest BCUT2D eigenvalue weighted by molar-refractivity contribution is -0.153. The number of alkyl halides is 3. The number of benzene rings is 1. The maximum absolute atomic E-state index is 12.8. The molecule has 3 aromatic heterocycles. The summed E-state index contributed by atoms with van der Waals surface area (Å²) in [5, 5.41) is 5.13. The minimum absolute atomic E-state index is 0.00242. The number of aromatic amines is 2. The lowest BCUT2D eigenvalue weighted by Gasteiger charge is -2.13. The SMILES string of the molecule is C=C(c1nccn1/N=C(\C)c1c[nH]c(=O)[nH]c1=O)[C@H]1C[C@@H]1c1cc(OCC(F)(F)F)c2ncccc2c1. The number of halogens is 3. The molecule has 3 heterocycles. The Morgan fingerprint density at radius 2 is 2.08 bits per heavy atom. The molecule has 1 saturated carbocycles. The number of imidazole rings is 1. The Balaban J connectivity index is 1.40. The van der Waals surface area contributed by atoms with Crippen molar-refractivity contribution in [3.8, 4) is 5.75 Å². The zero-order valence-electron chi connectivity index (χ0n) is 19.5. The number of rotatable bonds is 7. The van der Waals surface area contributed by atoms with Crippen LogP contribution < -0.4 is 16.0 Å². The number of pyridine rings is 1. The summed E-state index contributed by atoms with van der Waals surface area (Å²) >= 11 is 0. The molecule has 0 bridgehead atoms. The van der Waals surface area contributed by atoms with Crippen molar-refractivity contribution in [1.82, 2.24) is 24.6 Å². The first-order valence-corrected chi connectivity index (χ1v) is 11.3. The van der Waals surface area contributed by atoms with Crippen molar-refractivity contribution < 1.29 is 17.9 Å². The predicted molar refractivity (Wildman–Crippen MR) is 131 cm³/mol. The summed E-state index contributed by atoms with van der Waals surface area (Å²) in [6.07, 6.45) is 2.22. The van der Waals surface area contributed by atoms with E-state index in [-0.39, 0.29) is 23.1 Å². The van der Waals surface area contributed by atoms with Gasteiger partial charge in [0.25, 0.3) is 5.56 Å². The second-order valence-electron chi connectivity index (χ2n) is 8.74. The molecule has 4 aromatic rings. The number of ether oxygens (including phenoxy) is 1. The Bertz CT molecular complexity index is 1650. The molecular formula is C25H21F3N6O3. The molecule has 0 spiro atoms. The number of allylic oxidation sites excluding steroid dienone is 1. The van der Waals surface area contributed by atoms with Crippen LogP contribution >= 0.6 is 0 Å². The van der Waals surface area contributed by atoms with E-state index in [9.17, 15) is 22.8 Å². The zero-order valence-corrected chi connectivity index (χ0v) is 19.5. The highest BCUT2D eigenvalue weighted by atomic mass is 19.4. The van der Waals surface area contributed by atoms with E-state index in [1.54, 1.807) is 37.5 Å². The Kier molecular flexibility index (Phi) is 6.02. The standard InChI is InChI=1S/C25H21F3N6O3/c1-13(22-30-6-7-34(22)33-14(2)19-11-31-24(36)32-23(19)35)17-10-18(17)16-8-15-4-3-5-29-21(15)20(9-16)37-12-25(26,27)28/h3-9,11,17-18H,1,10,12H2,2H3,(H2,31,32,35,36)/b33-14+/t17-,18-/m1/s1. The fraction of sp³-hybridized carbons (Fsp3) is 0.240. The van der Waals surface area contributed by atoms with Crippen LogP contribution in [-0.4, -0.2) is 43.1 Å². The van der Waals surface area contributed by atoms with Gasteiger partial charge in [0.05, 0.1) is 11.3 Å². The molecule has 37 heavy (non-hydrogen) atoms. The fourth-order valence-electron chi connectivity index (χ4n) is 4.28. The van der Waals surface area contributed by atoms with Gasteiger partial charge in [-0.2, -0.15) is 18.3 Å². The van der Waals surface area contributed by atoms with Gasteiger partial charge >= 0.3 is 11.9 Å². The van der Waals surface area contributed by atoms with Crippen LogP contribution in [-0.2, 0) is 0 Å². The van der Waals surface area contributed by atoms with E-state index in [2.05, 4.69) is 31.6 Å². The summed E-state index contributed by atoms with van der Waals surface area (Å²) < 4.78 is 45.0. The summed E-state index contributed by atoms with van der Waals surface area (Å²) in [4.78, 5) is 36.5. The van der Waals surface area contributed by atoms with Crippen molar-refractivity contribution in [2.45, 2.75) is 25.4 Å². The minimum atomic E-state index is -4.47. The maximum Gasteiger partial charge on any atom is 0.422 e. The molecule has 0 aliphatic heterocycles. The average Bonchev–Trinajstić information content (AvgIpc) is 3.52. The molecule has 5 rings (SSSR count). The van der Waals surface area contributed by atoms with Crippen LogP contribution in [0, 0.1) is 5.92 Å². The highest BCUT2D eigenvalue weighted by Gasteiger charge is 2.42. The summed E-state index contributed by atoms with van der Waals surface area (Å²) in [6, 6.07) is 7.00. The molecule has 0 saturated heterocycles. The lowest BCUT2D eigenvalue weighted by atomic mass is 10.0. The molecular weight excluding hydrogens is 489 g/mol. The summed E-state index contributed by atoms with van der Waals surface area (Å²) in [6.45, 7) is 4.42. The third kappa shape index (κ3) is 5.08. The number of H-pyrrole nitrogens is 2. The van der Waals surface area contributed by atoms with Crippen molar-refractivity contribution in [2.75, 3.05) is 6.61 Å². The van der Waals surface area contributed by atoms with Crippen molar-refractivity contribution in [3.63, 3.8) is 0 Å². The number of aromatic nitrogens is 5. The van der Waals surface area contributed by atoms with Gasteiger partial charge in [-0.25, -0.2) is 14.5 Å². The molecule has 0 unspecified atom stereocenters. The molecule has 12 heteroatoms. The summed E-state index contributed by atoms with van der Waals surface area (Å²) in [7, 11) is 0. The van der Waals surface area contributed by atoms with Crippen LogP contribution in [0.15, 0.2) is 70.3 Å². The first-order valence-electron chi connectivity index (χ1n) is 11.3. The fourth-order valence-corrected chi connectivity index (χ4v) is 4.28. The number of hydrogen-bond acceptors (Lipinski definition) is 6. The van der Waals surface area contributed by atoms with Crippen molar-refractivity contribution >= 4 is 22.2 Å². The van der Waals surface area contributed by atoms with Crippen molar-refractivity contribution in [2.24, 2.45) is 11.0 Å². The topological polar surface area (TPSA) is 118 Å². The molecule has 1 fully saturated rings. The normalized spacial score (nSPS) is 17.7. The van der Waals surface area contributed by atoms with Crippen LogP contribution in [0.2, 0.25) is 0 Å². The van der Waals surface area contributed by atoms with Crippen LogP contribution in [0.3, 0.4) is 0 Å². The second kappa shape index (κ2) is 9.19. The van der Waals surface area contributed by atoms with Crippen molar-refractivity contribution in [1.29, 1.82) is 0 Å². The van der Waals surface area contributed by atoms with Gasteiger partial charge in [-0.05, 0) is 54.5 Å². The molecule has 1 aliphatic carbocycles. The molecule has 9 nitrogen and oxygen atoms in total. The monoisotopic (exact) mass is 510 g/mol. The van der Waals surface area contributed by atoms with Crippen LogP contribution in [0.1, 0.15) is 36.2 Å². The second-order valence-corrected chi connectivity index (χ2v) is 8.74. The quantitative estimate of drug-likeness (QED) is 0.367. The van der Waals surface area contributed by atoms with E-state index in [0.29, 0.717) is 28.0 Å². The van der Waals surface area contributed by atoms with E-state index in [4.69, 9.17) is 4.74 Å². The molecule has 190 valence electrons. The van der Waals surface area contributed by atoms with Gasteiger partial charge in [0.1, 0.15) is 11.3 Å². The van der Waals surface area contributed by atoms with E-state index in [0.717, 1.165) is 12.0 Å². The third-order valence-corrected chi connectivity index (χ3v) is 6.13. The Labute approximate surface area is 207 Å². The third-order valence-electron chi connectivity index (χ3n) is 6.13. The van der Waals surface area contributed by atoms with Gasteiger partial charge in [0.15, 0.2) is 12.4 Å². The molecule has 0 amide bonds. The van der Waals surface area contributed by atoms with Gasteiger partial charge in [-0.3, -0.25) is 14.8 Å². The van der Waals surface area contributed by atoms with Crippen LogP contribution in [0.4, 0.5) is 13.2 Å². The lowest BCUT2D eigenvalue weighted by Crippen LogP contribution is -2.26. The predicted octanol–water partition coefficient (Wildman–Crippen LogP) is 3.84. The maximum atomic E-state index is 12.8. The molecule has 1 aromatic carbocycles. The highest BCUT2D eigenvalue weighted by Crippen LogP contribution is 2.54. The van der Waals surface area contributed by atoms with Crippen LogP contribution in [0.25, 0.3) is 16.5 Å². The van der Waals surface area contributed by atoms with Gasteiger partial charge < -0.3 is 9.72 Å². The molecule has 2 N–H and O–H groups in total. The number of nitrogens with one attached hydrogen (secondary N) is 2. The van der Waals surface area contributed by atoms with E-state index in [1.165, 1.54) is 17.1 Å². The minimum Gasteiger partial charge on any atom is -0.482 e. The number of nitrogens with zero attached hydrogens (tertiary/aromatic N) is 4. The first-order chi connectivity index (χ1) is 17.6. The summed E-state index contributed by atoms with van der Waals surface area (Å²) in [5.41, 5.74) is 1.25. The number of fused-ring (bicyclic) bond motifs is 1. The molecule has 2 atom stereocenters. The van der Waals surface area contributed by atoms with E-state index >= 15 is 0 Å². The smallest absolute Gasteiger partial charge is 0.422 e. The van der Waals surface area contributed by atoms with E-state index in [1.807, 2.05) is 6.07 Å². The van der Waals surface area contributed by atoms with E-state index < -0.39 is 24.0 Å². The largest absolute Gasteiger partial charge is 0.482 e. The average molecular weight is 510 g/mol. The zero-order chi connectivity index (χ0) is 26.3. The van der Waals surface area contributed by atoms with Gasteiger partial charge in [0, 0.05) is 30.2 Å². The summed E-state index contributed by atoms with van der Waals surface area (Å²) in [5.74, 6) is 0.554. The first kappa shape index (κ1) is 24.2. The Morgan fingerprint density at radius 3 is 2.84 bits per heavy atom. The van der Waals surface area contributed by atoms with Gasteiger partial charge in [-0.1, -0.05) is 12.6 Å². The highest BCUT2D eigenvalue weighted by molar-refractivity contribution is 5.98. The molecule has 0 radical (unpaired) electrons. The van der Waals surface area contributed by atoms with Crippen LogP contribution in [0.5, 0.6) is 5.75 Å². The van der Waals surface area contributed by atoms with Crippen molar-refractivity contribution in [3.05, 3.63) is 93.4 Å². The number of hydrogen-bond donors (Lipinski definition) is 2. The van der Waals surface area contributed by atoms with Gasteiger partial charge in [0.2, 0.25) is 0 Å². The molecule has 1 aliphatic rings. The Hall–Kier alpha value is -4.48. The Morgan fingerprint density at radius 1 is 1.27 bits per heavy atom. The van der Waals surface area contributed by atoms with Gasteiger partial charge in [-0.15, -0.1) is 0 Å².